The Hall–Kier alpha value is -1.17. The molecule has 0 aliphatic rings. The number of pyridine rings is 1. The summed E-state index contributed by atoms with van der Waals surface area (Å²) in [4.78, 5) is 4.06. The maximum Gasteiger partial charge on any atom is 0.143 e. The maximum absolute atomic E-state index is 9.82. The lowest BCUT2D eigenvalue weighted by atomic mass is 10.2. The van der Waals surface area contributed by atoms with Gasteiger partial charge in [0.15, 0.2) is 0 Å². The van der Waals surface area contributed by atoms with E-state index in [1.807, 2.05) is 0 Å². The van der Waals surface area contributed by atoms with Crippen molar-refractivity contribution in [3.63, 3.8) is 0 Å². The van der Waals surface area contributed by atoms with Crippen LogP contribution in [0, 0.1) is 0 Å². The monoisotopic (exact) mass is 227 g/mol. The van der Waals surface area contributed by atoms with Crippen LogP contribution in [0.25, 0.3) is 0 Å². The fourth-order valence-electron chi connectivity index (χ4n) is 1.24. The number of hydrogen-bond acceptors (Lipinski definition) is 5. The zero-order valence-electron chi connectivity index (χ0n) is 9.55. The van der Waals surface area contributed by atoms with Gasteiger partial charge in [0.2, 0.25) is 0 Å². The first kappa shape index (κ1) is 12.9. The second kappa shape index (κ2) is 7.16. The summed E-state index contributed by atoms with van der Waals surface area (Å²) in [6.07, 6.45) is 0.823. The zero-order chi connectivity index (χ0) is 11.8. The number of hydrogen-bond donors (Lipinski definition) is 1. The number of aliphatic hydroxyl groups is 1. The van der Waals surface area contributed by atoms with Gasteiger partial charge in [0.05, 0.1) is 26.9 Å². The summed E-state index contributed by atoms with van der Waals surface area (Å²) in [6.45, 7) is 1.13. The highest BCUT2D eigenvalue weighted by Gasteiger charge is 2.14. The molecule has 1 aromatic rings. The summed E-state index contributed by atoms with van der Waals surface area (Å²) in [5.41, 5.74) is 0.488. The quantitative estimate of drug-likeness (QED) is 0.698. The third-order valence-corrected chi connectivity index (χ3v) is 2.04. The second-order valence-electron chi connectivity index (χ2n) is 3.17. The maximum atomic E-state index is 9.82. The van der Waals surface area contributed by atoms with Crippen molar-refractivity contribution in [1.29, 1.82) is 0 Å². The molecule has 0 bridgehead atoms. The summed E-state index contributed by atoms with van der Waals surface area (Å²) in [5, 5.41) is 9.82. The Bertz CT molecular complexity index is 306. The third-order valence-electron chi connectivity index (χ3n) is 2.04. The lowest BCUT2D eigenvalue weighted by molar-refractivity contribution is 0.0102. The topological polar surface area (TPSA) is 60.8 Å². The molecule has 0 spiro atoms. The summed E-state index contributed by atoms with van der Waals surface area (Å²) < 4.78 is 15.1. The molecule has 16 heavy (non-hydrogen) atoms. The predicted octanol–water partition coefficient (Wildman–Crippen LogP) is 0.787. The Balaban J connectivity index is 2.48. The third kappa shape index (κ3) is 3.77. The highest BCUT2D eigenvalue weighted by atomic mass is 16.5. The molecule has 5 nitrogen and oxygen atoms in total. The highest BCUT2D eigenvalue weighted by Crippen LogP contribution is 2.21. The van der Waals surface area contributed by atoms with Crippen LogP contribution in [0.2, 0.25) is 0 Å². The van der Waals surface area contributed by atoms with E-state index < -0.39 is 6.10 Å². The smallest absolute Gasteiger partial charge is 0.143 e. The molecule has 1 aromatic heterocycles. The molecular weight excluding hydrogens is 210 g/mol. The molecule has 1 heterocycles. The van der Waals surface area contributed by atoms with E-state index in [1.54, 1.807) is 32.5 Å². The largest absolute Gasteiger partial charge is 0.495 e. The SMILES string of the molecule is COCCOCC(O)c1ncccc1OC. The molecule has 90 valence electrons. The lowest BCUT2D eigenvalue weighted by Gasteiger charge is -2.13. The fourth-order valence-corrected chi connectivity index (χ4v) is 1.24. The fraction of sp³-hybridized carbons (Fsp3) is 0.545. The van der Waals surface area contributed by atoms with Crippen LogP contribution in [0.3, 0.4) is 0 Å². The minimum atomic E-state index is -0.784. The lowest BCUT2D eigenvalue weighted by Crippen LogP contribution is -2.12. The first-order chi connectivity index (χ1) is 7.79. The Morgan fingerprint density at radius 2 is 2.19 bits per heavy atom. The van der Waals surface area contributed by atoms with Crippen LogP contribution >= 0.6 is 0 Å². The minimum absolute atomic E-state index is 0.177. The number of methoxy groups -OCH3 is 2. The molecule has 1 rings (SSSR count). The number of aliphatic hydroxyl groups excluding tert-OH is 1. The van der Waals surface area contributed by atoms with Crippen molar-refractivity contribution < 1.29 is 19.3 Å². The minimum Gasteiger partial charge on any atom is -0.495 e. The van der Waals surface area contributed by atoms with Crippen molar-refractivity contribution in [3.05, 3.63) is 24.0 Å². The van der Waals surface area contributed by atoms with Gasteiger partial charge in [0, 0.05) is 13.3 Å². The van der Waals surface area contributed by atoms with Crippen molar-refractivity contribution in [2.75, 3.05) is 34.0 Å². The molecule has 1 atom stereocenters. The Labute approximate surface area is 95.0 Å². The second-order valence-corrected chi connectivity index (χ2v) is 3.17. The van der Waals surface area contributed by atoms with Gasteiger partial charge in [-0.05, 0) is 12.1 Å². The first-order valence-electron chi connectivity index (χ1n) is 5.03. The van der Waals surface area contributed by atoms with Crippen molar-refractivity contribution in [1.82, 2.24) is 4.98 Å². The van der Waals surface area contributed by atoms with Crippen molar-refractivity contribution in [2.45, 2.75) is 6.10 Å². The Morgan fingerprint density at radius 1 is 1.38 bits per heavy atom. The van der Waals surface area contributed by atoms with Crippen LogP contribution in [-0.4, -0.2) is 44.1 Å². The van der Waals surface area contributed by atoms with Gasteiger partial charge in [0.1, 0.15) is 17.5 Å². The number of ether oxygens (including phenoxy) is 3. The van der Waals surface area contributed by atoms with Gasteiger partial charge in [0.25, 0.3) is 0 Å². The van der Waals surface area contributed by atoms with Gasteiger partial charge >= 0.3 is 0 Å². The summed E-state index contributed by atoms with van der Waals surface area (Å²) in [5.74, 6) is 0.561. The molecule has 0 aliphatic carbocycles. The van der Waals surface area contributed by atoms with Crippen LogP contribution in [0.15, 0.2) is 18.3 Å². The highest BCUT2D eigenvalue weighted by molar-refractivity contribution is 5.28. The standard InChI is InChI=1S/C11H17NO4/c1-14-6-7-16-8-9(13)11-10(15-2)4-3-5-12-11/h3-5,9,13H,6-8H2,1-2H3. The van der Waals surface area contributed by atoms with E-state index in [4.69, 9.17) is 14.2 Å². The van der Waals surface area contributed by atoms with Crippen LogP contribution in [0.1, 0.15) is 11.8 Å². The molecular formula is C11H17NO4. The van der Waals surface area contributed by atoms with Crippen molar-refractivity contribution in [3.8, 4) is 5.75 Å². The van der Waals surface area contributed by atoms with Gasteiger partial charge < -0.3 is 19.3 Å². The molecule has 5 heteroatoms. The molecule has 0 aromatic carbocycles. The number of rotatable bonds is 7. The van der Waals surface area contributed by atoms with E-state index in [0.717, 1.165) is 0 Å². The van der Waals surface area contributed by atoms with E-state index in [2.05, 4.69) is 4.98 Å². The van der Waals surface area contributed by atoms with Gasteiger partial charge in [-0.25, -0.2) is 0 Å². The van der Waals surface area contributed by atoms with Crippen LogP contribution in [0.4, 0.5) is 0 Å². The zero-order valence-corrected chi connectivity index (χ0v) is 9.55. The van der Waals surface area contributed by atoms with Crippen LogP contribution < -0.4 is 4.74 Å². The summed E-state index contributed by atoms with van der Waals surface area (Å²) >= 11 is 0. The van der Waals surface area contributed by atoms with E-state index >= 15 is 0 Å². The Kier molecular flexibility index (Phi) is 5.77. The van der Waals surface area contributed by atoms with Crippen LogP contribution in [0.5, 0.6) is 5.75 Å². The molecule has 1 N–H and O–H groups in total. The van der Waals surface area contributed by atoms with E-state index in [-0.39, 0.29) is 6.61 Å². The average Bonchev–Trinajstić information content (AvgIpc) is 2.34. The summed E-state index contributed by atoms with van der Waals surface area (Å²) in [7, 11) is 3.14. The molecule has 0 saturated heterocycles. The molecule has 0 aliphatic heterocycles. The average molecular weight is 227 g/mol. The summed E-state index contributed by atoms with van der Waals surface area (Å²) in [6, 6.07) is 3.50. The molecule has 1 unspecified atom stereocenters. The number of aromatic nitrogens is 1. The molecule has 0 saturated carbocycles. The Morgan fingerprint density at radius 3 is 2.88 bits per heavy atom. The first-order valence-corrected chi connectivity index (χ1v) is 5.03. The predicted molar refractivity (Wildman–Crippen MR) is 58.4 cm³/mol. The van der Waals surface area contributed by atoms with Gasteiger partial charge in [-0.2, -0.15) is 0 Å². The number of nitrogens with zero attached hydrogens (tertiary/aromatic N) is 1. The van der Waals surface area contributed by atoms with Gasteiger partial charge in [-0.3, -0.25) is 4.98 Å². The van der Waals surface area contributed by atoms with Gasteiger partial charge in [-0.15, -0.1) is 0 Å². The molecule has 0 amide bonds. The van der Waals surface area contributed by atoms with E-state index in [0.29, 0.717) is 24.7 Å². The van der Waals surface area contributed by atoms with E-state index in [1.165, 1.54) is 0 Å². The van der Waals surface area contributed by atoms with Crippen LogP contribution in [-0.2, 0) is 9.47 Å². The molecule has 0 radical (unpaired) electrons. The van der Waals surface area contributed by atoms with Crippen molar-refractivity contribution in [2.24, 2.45) is 0 Å². The molecule has 0 fully saturated rings. The van der Waals surface area contributed by atoms with Gasteiger partial charge in [-0.1, -0.05) is 0 Å². The normalized spacial score (nSPS) is 12.4. The van der Waals surface area contributed by atoms with E-state index in [9.17, 15) is 5.11 Å². The van der Waals surface area contributed by atoms with Crippen molar-refractivity contribution >= 4 is 0 Å².